The summed E-state index contributed by atoms with van der Waals surface area (Å²) in [7, 11) is 0. The Kier molecular flexibility index (Phi) is 7.46. The fourth-order valence-corrected chi connectivity index (χ4v) is 6.82. The second-order valence-electron chi connectivity index (χ2n) is 10.6. The number of thiazole rings is 1. The van der Waals surface area contributed by atoms with Crippen molar-refractivity contribution in [2.75, 3.05) is 11.9 Å². The van der Waals surface area contributed by atoms with Gasteiger partial charge < -0.3 is 10.4 Å². The number of nitrogens with one attached hydrogen (secondary N) is 1. The average Bonchev–Trinajstić information content (AvgIpc) is 3.50. The molecule has 2 unspecified atom stereocenters. The molecule has 2 aliphatic rings. The quantitative estimate of drug-likeness (QED) is 0.295. The Morgan fingerprint density at radius 2 is 2.08 bits per heavy atom. The maximum atomic E-state index is 15.3. The zero-order valence-corrected chi connectivity index (χ0v) is 23.0. The van der Waals surface area contributed by atoms with Crippen molar-refractivity contribution in [2.45, 2.75) is 70.4 Å². The van der Waals surface area contributed by atoms with Gasteiger partial charge in [0.2, 0.25) is 0 Å². The van der Waals surface area contributed by atoms with Crippen molar-refractivity contribution in [3.8, 4) is 0 Å². The number of hydrogen-bond donors (Lipinski definition) is 2. The van der Waals surface area contributed by atoms with Crippen molar-refractivity contribution in [1.82, 2.24) is 14.9 Å². The van der Waals surface area contributed by atoms with Gasteiger partial charge in [0.1, 0.15) is 17.5 Å². The smallest absolute Gasteiger partial charge is 0.310 e. The number of anilines is 2. The number of nitrogens with zero attached hydrogens (tertiary/aromatic N) is 3. The topological polar surface area (TPSA) is 78.4 Å². The maximum absolute atomic E-state index is 15.3. The van der Waals surface area contributed by atoms with Gasteiger partial charge in [0, 0.05) is 41.7 Å². The molecule has 0 spiro atoms. The zero-order valence-electron chi connectivity index (χ0n) is 21.4. The van der Waals surface area contributed by atoms with Gasteiger partial charge in [-0.3, -0.25) is 9.69 Å². The predicted octanol–water partition coefficient (Wildman–Crippen LogP) is 6.95. The van der Waals surface area contributed by atoms with Crippen LogP contribution >= 0.6 is 22.9 Å². The third-order valence-corrected chi connectivity index (χ3v) is 8.96. The normalized spacial score (nSPS) is 22.8. The van der Waals surface area contributed by atoms with Gasteiger partial charge >= 0.3 is 5.97 Å². The summed E-state index contributed by atoms with van der Waals surface area (Å²) in [5.41, 5.74) is 0.0674. The average molecular weight is 561 g/mol. The molecule has 1 saturated heterocycles. The van der Waals surface area contributed by atoms with Crippen LogP contribution in [0.15, 0.2) is 35.8 Å². The lowest BCUT2D eigenvalue weighted by atomic mass is 9.71. The molecule has 0 radical (unpaired) electrons. The Morgan fingerprint density at radius 1 is 1.29 bits per heavy atom. The highest BCUT2D eigenvalue weighted by Crippen LogP contribution is 2.56. The molecule has 2 N–H and O–H groups in total. The summed E-state index contributed by atoms with van der Waals surface area (Å²) in [6.07, 6.45) is 5.57. The number of aliphatic carboxylic acids is 1. The molecule has 1 aliphatic carbocycles. The number of carbonyl (C=O) groups is 1. The molecule has 0 bridgehead atoms. The summed E-state index contributed by atoms with van der Waals surface area (Å²) < 4.78 is 30.2. The molecule has 202 valence electrons. The van der Waals surface area contributed by atoms with E-state index >= 15 is 4.39 Å². The van der Waals surface area contributed by atoms with Crippen molar-refractivity contribution in [3.05, 3.63) is 69.3 Å². The van der Waals surface area contributed by atoms with E-state index < -0.39 is 22.7 Å². The van der Waals surface area contributed by atoms with E-state index in [1.807, 2.05) is 18.4 Å². The zero-order chi connectivity index (χ0) is 27.1. The summed E-state index contributed by atoms with van der Waals surface area (Å²) >= 11 is 7.68. The van der Waals surface area contributed by atoms with Crippen LogP contribution in [-0.2, 0) is 23.2 Å². The lowest BCUT2D eigenvalue weighted by Gasteiger charge is -2.47. The first-order valence-corrected chi connectivity index (χ1v) is 14.2. The van der Waals surface area contributed by atoms with Crippen LogP contribution in [0.1, 0.15) is 62.8 Å². The Morgan fingerprint density at radius 3 is 2.71 bits per heavy atom. The van der Waals surface area contributed by atoms with Crippen LogP contribution in [0, 0.1) is 17.0 Å². The summed E-state index contributed by atoms with van der Waals surface area (Å²) in [6, 6.07) is 6.30. The molecule has 1 aromatic carbocycles. The standard InChI is InChI=1S/C28H31ClF2N4O2S/c1-3-4-18-13-19(24(31)20(29)14-18)28(7-8-28)35-11-9-27(25(36)37,15-17(35)2)16-22-21(30)5-6-23(33-22)34-26-32-10-12-38-26/h5-6,10,12-14,17H,3-4,7-9,11,15-16H2,1-2H3,(H,36,37)(H,32,33,34). The largest absolute Gasteiger partial charge is 0.481 e. The number of rotatable bonds is 9. The van der Waals surface area contributed by atoms with Gasteiger partial charge in [-0.05, 0) is 62.8 Å². The highest BCUT2D eigenvalue weighted by molar-refractivity contribution is 7.13. The van der Waals surface area contributed by atoms with Gasteiger partial charge in [-0.25, -0.2) is 18.7 Å². The number of hydrogen-bond acceptors (Lipinski definition) is 6. The second-order valence-corrected chi connectivity index (χ2v) is 11.9. The van der Waals surface area contributed by atoms with E-state index in [4.69, 9.17) is 11.6 Å². The molecule has 6 nitrogen and oxygen atoms in total. The van der Waals surface area contributed by atoms with Crippen molar-refractivity contribution < 1.29 is 18.7 Å². The molecule has 2 fully saturated rings. The first kappa shape index (κ1) is 27.0. The maximum Gasteiger partial charge on any atom is 0.310 e. The summed E-state index contributed by atoms with van der Waals surface area (Å²) in [5.74, 6) is -1.47. The van der Waals surface area contributed by atoms with E-state index in [0.717, 1.165) is 31.2 Å². The number of pyridine rings is 1. The minimum absolute atomic E-state index is 0.0289. The fraction of sp³-hybridized carbons (Fsp3) is 0.464. The predicted molar refractivity (Wildman–Crippen MR) is 145 cm³/mol. The lowest BCUT2D eigenvalue weighted by Crippen LogP contribution is -2.53. The van der Waals surface area contributed by atoms with Gasteiger partial charge in [-0.15, -0.1) is 11.3 Å². The number of carboxylic acid groups (broad SMARTS) is 1. The number of aromatic nitrogens is 2. The molecule has 2 aromatic heterocycles. The Bertz CT molecular complexity index is 1330. The van der Waals surface area contributed by atoms with Crippen LogP contribution in [0.5, 0.6) is 0 Å². The third-order valence-electron chi connectivity index (χ3n) is 8.00. The molecule has 2 atom stereocenters. The van der Waals surface area contributed by atoms with E-state index in [2.05, 4.69) is 27.1 Å². The second kappa shape index (κ2) is 10.5. The van der Waals surface area contributed by atoms with Crippen LogP contribution in [0.3, 0.4) is 0 Å². The highest BCUT2D eigenvalue weighted by atomic mass is 35.5. The number of carboxylic acids is 1. The lowest BCUT2D eigenvalue weighted by molar-refractivity contribution is -0.154. The van der Waals surface area contributed by atoms with E-state index in [9.17, 15) is 14.3 Å². The Hall–Kier alpha value is -2.62. The highest BCUT2D eigenvalue weighted by Gasteiger charge is 2.56. The molecule has 1 saturated carbocycles. The van der Waals surface area contributed by atoms with Crippen LogP contribution < -0.4 is 5.32 Å². The first-order chi connectivity index (χ1) is 18.2. The third kappa shape index (κ3) is 5.03. The van der Waals surface area contributed by atoms with E-state index in [1.165, 1.54) is 23.5 Å². The van der Waals surface area contributed by atoms with Gasteiger partial charge in [0.25, 0.3) is 0 Å². The molecule has 0 amide bonds. The van der Waals surface area contributed by atoms with Crippen LogP contribution in [-0.4, -0.2) is 38.5 Å². The van der Waals surface area contributed by atoms with Crippen molar-refractivity contribution in [1.29, 1.82) is 0 Å². The molecule has 3 aromatic rings. The SMILES string of the molecule is CCCc1cc(Cl)c(F)c(C2(N3CCC(Cc4nc(Nc5nccs5)ccc4F)(C(=O)O)CC3C)CC2)c1. The van der Waals surface area contributed by atoms with Crippen molar-refractivity contribution in [2.24, 2.45) is 5.41 Å². The molecule has 38 heavy (non-hydrogen) atoms. The number of likely N-dealkylation sites (tertiary alicyclic amines) is 1. The summed E-state index contributed by atoms with van der Waals surface area (Å²) in [5, 5.41) is 16.0. The fourth-order valence-electron chi connectivity index (χ4n) is 6.04. The molecule has 3 heterocycles. The number of halogens is 3. The molecular weight excluding hydrogens is 530 g/mol. The molecular formula is C28H31ClF2N4O2S. The molecule has 1 aliphatic heterocycles. The van der Waals surface area contributed by atoms with Gasteiger partial charge in [0.15, 0.2) is 5.13 Å². The van der Waals surface area contributed by atoms with Gasteiger partial charge in [0.05, 0.1) is 16.1 Å². The van der Waals surface area contributed by atoms with Crippen LogP contribution in [0.4, 0.5) is 19.7 Å². The van der Waals surface area contributed by atoms with Crippen LogP contribution in [0.2, 0.25) is 5.02 Å². The Labute approximate surface area is 230 Å². The number of benzene rings is 1. The van der Waals surface area contributed by atoms with E-state index in [-0.39, 0.29) is 29.0 Å². The molecule has 10 heteroatoms. The number of piperidine rings is 1. The number of aryl methyl sites for hydroxylation is 1. The summed E-state index contributed by atoms with van der Waals surface area (Å²) in [6.45, 7) is 4.52. The van der Waals surface area contributed by atoms with E-state index in [1.54, 1.807) is 12.3 Å². The summed E-state index contributed by atoms with van der Waals surface area (Å²) in [4.78, 5) is 23.5. The first-order valence-electron chi connectivity index (χ1n) is 13.0. The minimum atomic E-state index is -1.18. The van der Waals surface area contributed by atoms with Gasteiger partial charge in [-0.2, -0.15) is 0 Å². The van der Waals surface area contributed by atoms with Crippen molar-refractivity contribution in [3.63, 3.8) is 0 Å². The van der Waals surface area contributed by atoms with Crippen LogP contribution in [0.25, 0.3) is 0 Å². The van der Waals surface area contributed by atoms with Gasteiger partial charge in [-0.1, -0.05) is 31.0 Å². The Balaban J connectivity index is 1.39. The minimum Gasteiger partial charge on any atom is -0.481 e. The molecule has 5 rings (SSSR count). The van der Waals surface area contributed by atoms with E-state index in [0.29, 0.717) is 35.9 Å². The monoisotopic (exact) mass is 560 g/mol. The van der Waals surface area contributed by atoms with Crippen molar-refractivity contribution >= 4 is 39.9 Å².